The van der Waals surface area contributed by atoms with E-state index in [0.29, 0.717) is 22.9 Å². The number of halogens is 2. The van der Waals surface area contributed by atoms with Crippen molar-refractivity contribution in [1.82, 2.24) is 5.32 Å². The van der Waals surface area contributed by atoms with Gasteiger partial charge in [0.1, 0.15) is 0 Å². The second kappa shape index (κ2) is 9.44. The minimum atomic E-state index is -0.847. The van der Waals surface area contributed by atoms with Crippen molar-refractivity contribution in [2.24, 2.45) is 0 Å². The summed E-state index contributed by atoms with van der Waals surface area (Å²) in [7, 11) is 0. The number of hydrogen-bond acceptors (Lipinski definition) is 2. The molecule has 25 heavy (non-hydrogen) atoms. The molecule has 0 saturated carbocycles. The lowest BCUT2D eigenvalue weighted by molar-refractivity contribution is -0.137. The van der Waals surface area contributed by atoms with Gasteiger partial charge in [0.2, 0.25) is 5.91 Å². The van der Waals surface area contributed by atoms with Crippen molar-refractivity contribution in [3.63, 3.8) is 0 Å². The number of unbranched alkanes of at least 4 members (excludes halogenated alkanes) is 1. The van der Waals surface area contributed by atoms with Crippen LogP contribution in [-0.2, 0) is 9.59 Å². The topological polar surface area (TPSA) is 66.4 Å². The van der Waals surface area contributed by atoms with Crippen LogP contribution >= 0.6 is 23.2 Å². The highest BCUT2D eigenvalue weighted by atomic mass is 35.5. The number of carbonyl (C=O) groups is 2. The Bertz CT molecular complexity index is 669. The maximum atomic E-state index is 12.3. The maximum absolute atomic E-state index is 12.3. The first kappa shape index (κ1) is 19.3. The molecule has 4 nitrogen and oxygen atoms in total. The van der Waals surface area contributed by atoms with Crippen LogP contribution in [0.4, 0.5) is 0 Å². The van der Waals surface area contributed by atoms with Gasteiger partial charge in [-0.2, -0.15) is 0 Å². The predicted molar refractivity (Wildman–Crippen MR) is 99.0 cm³/mol. The van der Waals surface area contributed by atoms with Crippen LogP contribution in [0.15, 0.2) is 48.5 Å². The third-order valence-electron chi connectivity index (χ3n) is 3.76. The predicted octanol–water partition coefficient (Wildman–Crippen LogP) is 4.84. The van der Waals surface area contributed by atoms with E-state index in [1.807, 2.05) is 24.3 Å². The van der Waals surface area contributed by atoms with Gasteiger partial charge >= 0.3 is 5.97 Å². The summed E-state index contributed by atoms with van der Waals surface area (Å²) in [5.74, 6) is -0.971. The number of nitrogens with one attached hydrogen (secondary N) is 1. The lowest BCUT2D eigenvalue weighted by Gasteiger charge is -2.20. The van der Waals surface area contributed by atoms with Crippen LogP contribution in [0.2, 0.25) is 10.0 Å². The fraction of sp³-hybridized carbons (Fsp3) is 0.263. The molecule has 2 aromatic carbocycles. The Morgan fingerprint density at radius 3 is 1.72 bits per heavy atom. The van der Waals surface area contributed by atoms with Gasteiger partial charge in [0, 0.05) is 22.9 Å². The molecule has 0 aromatic heterocycles. The Balaban J connectivity index is 2.09. The van der Waals surface area contributed by atoms with Crippen molar-refractivity contribution in [2.75, 3.05) is 0 Å². The monoisotopic (exact) mass is 379 g/mol. The van der Waals surface area contributed by atoms with E-state index >= 15 is 0 Å². The minimum Gasteiger partial charge on any atom is -0.481 e. The number of carbonyl (C=O) groups excluding carboxylic acids is 1. The number of rotatable bonds is 8. The van der Waals surface area contributed by atoms with Crippen LogP contribution in [0.3, 0.4) is 0 Å². The number of carboxylic acid groups (broad SMARTS) is 1. The summed E-state index contributed by atoms with van der Waals surface area (Å²) in [6.07, 6.45) is 1.37. The fourth-order valence-electron chi connectivity index (χ4n) is 2.46. The van der Waals surface area contributed by atoms with E-state index in [1.54, 1.807) is 24.3 Å². The molecule has 0 heterocycles. The van der Waals surface area contributed by atoms with E-state index in [1.165, 1.54) is 0 Å². The third kappa shape index (κ3) is 6.40. The molecule has 132 valence electrons. The molecule has 2 N–H and O–H groups in total. The molecule has 0 spiro atoms. The van der Waals surface area contributed by atoms with Gasteiger partial charge in [0.15, 0.2) is 0 Å². The molecule has 0 bridgehead atoms. The van der Waals surface area contributed by atoms with Gasteiger partial charge in [-0.15, -0.1) is 0 Å². The van der Waals surface area contributed by atoms with E-state index < -0.39 is 5.97 Å². The largest absolute Gasteiger partial charge is 0.481 e. The first-order chi connectivity index (χ1) is 12.0. The van der Waals surface area contributed by atoms with Gasteiger partial charge in [-0.25, -0.2) is 0 Å². The molecular formula is C19H19Cl2NO3. The van der Waals surface area contributed by atoms with Gasteiger partial charge < -0.3 is 10.4 Å². The summed E-state index contributed by atoms with van der Waals surface area (Å²) in [5, 5.41) is 12.9. The number of aliphatic carboxylic acids is 1. The lowest BCUT2D eigenvalue weighted by Crippen LogP contribution is -2.29. The second-order valence-electron chi connectivity index (χ2n) is 5.70. The highest BCUT2D eigenvalue weighted by Gasteiger charge is 2.17. The normalized spacial score (nSPS) is 10.7. The molecule has 0 aliphatic rings. The van der Waals surface area contributed by atoms with Crippen LogP contribution in [0.1, 0.15) is 42.9 Å². The van der Waals surface area contributed by atoms with Gasteiger partial charge in [0.25, 0.3) is 0 Å². The van der Waals surface area contributed by atoms with Gasteiger partial charge in [-0.1, -0.05) is 47.5 Å². The maximum Gasteiger partial charge on any atom is 0.303 e. The summed E-state index contributed by atoms with van der Waals surface area (Å²) >= 11 is 11.9. The minimum absolute atomic E-state index is 0.0745. The van der Waals surface area contributed by atoms with Crippen molar-refractivity contribution >= 4 is 35.1 Å². The molecule has 2 rings (SSSR count). The lowest BCUT2D eigenvalue weighted by atomic mass is 9.98. The molecule has 2 aromatic rings. The Morgan fingerprint density at radius 1 is 0.840 bits per heavy atom. The zero-order chi connectivity index (χ0) is 18.2. The SMILES string of the molecule is O=C(O)CCCCC(=O)NC(c1ccc(Cl)cc1)c1ccc(Cl)cc1. The van der Waals surface area contributed by atoms with Crippen LogP contribution in [-0.4, -0.2) is 17.0 Å². The van der Waals surface area contributed by atoms with E-state index in [0.717, 1.165) is 11.1 Å². The van der Waals surface area contributed by atoms with Gasteiger partial charge in [-0.05, 0) is 48.2 Å². The van der Waals surface area contributed by atoms with E-state index in [-0.39, 0.29) is 24.8 Å². The summed E-state index contributed by atoms with van der Waals surface area (Å²) in [6.45, 7) is 0. The van der Waals surface area contributed by atoms with Gasteiger partial charge in [0.05, 0.1) is 6.04 Å². The number of amides is 1. The molecule has 0 aliphatic carbocycles. The summed E-state index contributed by atoms with van der Waals surface area (Å²) in [6, 6.07) is 14.3. The molecule has 0 unspecified atom stereocenters. The first-order valence-electron chi connectivity index (χ1n) is 7.98. The van der Waals surface area contributed by atoms with Crippen LogP contribution in [0.5, 0.6) is 0 Å². The van der Waals surface area contributed by atoms with E-state index in [4.69, 9.17) is 28.3 Å². The number of benzene rings is 2. The average Bonchev–Trinajstić information content (AvgIpc) is 2.58. The Hall–Kier alpha value is -2.04. The molecule has 6 heteroatoms. The summed E-state index contributed by atoms with van der Waals surface area (Å²) in [4.78, 5) is 22.8. The second-order valence-corrected chi connectivity index (χ2v) is 6.58. The quantitative estimate of drug-likeness (QED) is 0.644. The zero-order valence-electron chi connectivity index (χ0n) is 13.5. The smallest absolute Gasteiger partial charge is 0.303 e. The number of hydrogen-bond donors (Lipinski definition) is 2. The van der Waals surface area contributed by atoms with Crippen molar-refractivity contribution in [1.29, 1.82) is 0 Å². The highest BCUT2D eigenvalue weighted by molar-refractivity contribution is 6.30. The van der Waals surface area contributed by atoms with Crippen molar-refractivity contribution < 1.29 is 14.7 Å². The van der Waals surface area contributed by atoms with E-state index in [9.17, 15) is 9.59 Å². The first-order valence-corrected chi connectivity index (χ1v) is 8.73. The van der Waals surface area contributed by atoms with Crippen molar-refractivity contribution in [3.8, 4) is 0 Å². The van der Waals surface area contributed by atoms with Crippen molar-refractivity contribution in [3.05, 3.63) is 69.7 Å². The molecule has 1 amide bonds. The average molecular weight is 380 g/mol. The molecular weight excluding hydrogens is 361 g/mol. The number of carboxylic acids is 1. The zero-order valence-corrected chi connectivity index (χ0v) is 15.1. The molecule has 0 radical (unpaired) electrons. The summed E-state index contributed by atoms with van der Waals surface area (Å²) in [5.41, 5.74) is 1.82. The van der Waals surface area contributed by atoms with Crippen LogP contribution in [0, 0.1) is 0 Å². The Kier molecular flexibility index (Phi) is 7.29. The standard InChI is InChI=1S/C19H19Cl2NO3/c20-15-9-5-13(6-10-15)19(14-7-11-16(21)12-8-14)22-17(23)3-1-2-4-18(24)25/h5-12,19H,1-4H2,(H,22,23)(H,24,25). The molecule has 0 fully saturated rings. The van der Waals surface area contributed by atoms with Crippen LogP contribution < -0.4 is 5.32 Å². The Morgan fingerprint density at radius 2 is 1.28 bits per heavy atom. The highest BCUT2D eigenvalue weighted by Crippen LogP contribution is 2.25. The molecule has 0 aliphatic heterocycles. The Labute approximate surface area is 156 Å². The fourth-order valence-corrected chi connectivity index (χ4v) is 2.72. The third-order valence-corrected chi connectivity index (χ3v) is 4.26. The van der Waals surface area contributed by atoms with Crippen LogP contribution in [0.25, 0.3) is 0 Å². The van der Waals surface area contributed by atoms with E-state index in [2.05, 4.69) is 5.32 Å². The molecule has 0 atom stereocenters. The van der Waals surface area contributed by atoms with Gasteiger partial charge in [-0.3, -0.25) is 9.59 Å². The summed E-state index contributed by atoms with van der Waals surface area (Å²) < 4.78 is 0. The molecule has 0 saturated heterocycles. The van der Waals surface area contributed by atoms with Crippen molar-refractivity contribution in [2.45, 2.75) is 31.7 Å².